The Kier molecular flexibility index (Phi) is 7.58. The molecule has 0 unspecified atom stereocenters. The van der Waals surface area contributed by atoms with Crippen molar-refractivity contribution < 1.29 is 4.92 Å². The van der Waals surface area contributed by atoms with Crippen LogP contribution in [0.2, 0.25) is 0 Å². The Labute approximate surface area is 127 Å². The Balaban J connectivity index is 2.40. The maximum Gasteiger partial charge on any atom is 0.315 e. The summed E-state index contributed by atoms with van der Waals surface area (Å²) in [6, 6.07) is 5.30. The maximum absolute atomic E-state index is 11.2. The molecule has 0 heterocycles. The van der Waals surface area contributed by atoms with Crippen LogP contribution in [0.3, 0.4) is 0 Å². The third-order valence-corrected chi connectivity index (χ3v) is 3.51. The summed E-state index contributed by atoms with van der Waals surface area (Å²) in [5.41, 5.74) is 1.26. The number of nitro groups is 1. The largest absolute Gasteiger partial charge is 0.382 e. The predicted molar refractivity (Wildman–Crippen MR) is 89.1 cm³/mol. The molecule has 5 nitrogen and oxygen atoms in total. The number of anilines is 2. The summed E-state index contributed by atoms with van der Waals surface area (Å²) in [6.07, 6.45) is 5.99. The highest BCUT2D eigenvalue weighted by atomic mass is 16.6. The normalized spacial score (nSPS) is 10.7. The fourth-order valence-corrected chi connectivity index (χ4v) is 2.34. The molecule has 5 heteroatoms. The van der Waals surface area contributed by atoms with E-state index in [9.17, 15) is 10.1 Å². The number of rotatable bonds is 10. The lowest BCUT2D eigenvalue weighted by Gasteiger charge is -2.10. The highest BCUT2D eigenvalue weighted by Gasteiger charge is 2.18. The first kappa shape index (κ1) is 17.3. The zero-order valence-electron chi connectivity index (χ0n) is 13.3. The minimum Gasteiger partial charge on any atom is -0.382 e. The number of hydrogen-bond acceptors (Lipinski definition) is 4. The van der Waals surface area contributed by atoms with Crippen LogP contribution in [0, 0.1) is 16.0 Å². The molecule has 0 fully saturated rings. The van der Waals surface area contributed by atoms with Gasteiger partial charge in [-0.15, -0.1) is 0 Å². The van der Waals surface area contributed by atoms with Crippen molar-refractivity contribution in [1.29, 1.82) is 0 Å². The number of nitrogens with zero attached hydrogens (tertiary/aromatic N) is 1. The minimum absolute atomic E-state index is 0.125. The molecule has 0 spiro atoms. The van der Waals surface area contributed by atoms with E-state index in [-0.39, 0.29) is 10.6 Å². The first-order valence-electron chi connectivity index (χ1n) is 7.75. The van der Waals surface area contributed by atoms with Crippen molar-refractivity contribution in [3.05, 3.63) is 28.3 Å². The second kappa shape index (κ2) is 9.21. The standard InChI is InChI=1S/C16H27N3O2/c1-13(2)9-6-4-5-7-12-18-15-11-8-10-14(17-3)16(15)19(20)21/h8,10-11,13,17-18H,4-7,9,12H2,1-3H3. The SMILES string of the molecule is CNc1cccc(NCCCCCCC(C)C)c1[N+](=O)[O-]. The molecule has 0 aliphatic carbocycles. The molecule has 2 N–H and O–H groups in total. The van der Waals surface area contributed by atoms with Gasteiger partial charge >= 0.3 is 5.69 Å². The Bertz CT molecular complexity index is 447. The molecule has 0 aromatic heterocycles. The molecule has 21 heavy (non-hydrogen) atoms. The lowest BCUT2D eigenvalue weighted by molar-refractivity contribution is -0.383. The fraction of sp³-hybridized carbons (Fsp3) is 0.625. The molecule has 1 aromatic rings. The number of para-hydroxylation sites is 1. The van der Waals surface area contributed by atoms with Crippen molar-refractivity contribution in [3.8, 4) is 0 Å². The van der Waals surface area contributed by atoms with Gasteiger partial charge in [-0.1, -0.05) is 45.6 Å². The molecule has 0 atom stereocenters. The average Bonchev–Trinajstić information content (AvgIpc) is 2.45. The second-order valence-corrected chi connectivity index (χ2v) is 5.73. The second-order valence-electron chi connectivity index (χ2n) is 5.73. The van der Waals surface area contributed by atoms with Crippen molar-refractivity contribution in [2.24, 2.45) is 5.92 Å². The quantitative estimate of drug-likeness (QED) is 0.374. The van der Waals surface area contributed by atoms with Crippen LogP contribution in [0.4, 0.5) is 17.1 Å². The van der Waals surface area contributed by atoms with E-state index < -0.39 is 0 Å². The minimum atomic E-state index is -0.337. The van der Waals surface area contributed by atoms with E-state index in [0.29, 0.717) is 11.4 Å². The van der Waals surface area contributed by atoms with E-state index in [1.807, 2.05) is 6.07 Å². The summed E-state index contributed by atoms with van der Waals surface area (Å²) < 4.78 is 0. The van der Waals surface area contributed by atoms with Gasteiger partial charge in [-0.3, -0.25) is 10.1 Å². The van der Waals surface area contributed by atoms with Crippen LogP contribution < -0.4 is 10.6 Å². The van der Waals surface area contributed by atoms with Gasteiger partial charge in [0.05, 0.1) is 4.92 Å². The van der Waals surface area contributed by atoms with Crippen molar-refractivity contribution in [2.45, 2.75) is 46.0 Å². The molecule has 118 valence electrons. The van der Waals surface area contributed by atoms with E-state index in [4.69, 9.17) is 0 Å². The smallest absolute Gasteiger partial charge is 0.315 e. The van der Waals surface area contributed by atoms with E-state index >= 15 is 0 Å². The Morgan fingerprint density at radius 3 is 2.43 bits per heavy atom. The summed E-state index contributed by atoms with van der Waals surface area (Å²) >= 11 is 0. The summed E-state index contributed by atoms with van der Waals surface area (Å²) in [6.45, 7) is 5.26. The van der Waals surface area contributed by atoms with Crippen LogP contribution in [-0.4, -0.2) is 18.5 Å². The summed E-state index contributed by atoms with van der Waals surface area (Å²) in [5, 5.41) is 17.2. The Hall–Kier alpha value is -1.78. The van der Waals surface area contributed by atoms with Gasteiger partial charge in [0.15, 0.2) is 0 Å². The zero-order valence-corrected chi connectivity index (χ0v) is 13.3. The van der Waals surface area contributed by atoms with Gasteiger partial charge in [0.2, 0.25) is 0 Å². The van der Waals surface area contributed by atoms with E-state index in [1.54, 1.807) is 19.2 Å². The van der Waals surface area contributed by atoms with E-state index in [0.717, 1.165) is 18.9 Å². The fourth-order valence-electron chi connectivity index (χ4n) is 2.34. The van der Waals surface area contributed by atoms with Gasteiger partial charge < -0.3 is 10.6 Å². The molecular formula is C16H27N3O2. The topological polar surface area (TPSA) is 67.2 Å². The first-order valence-corrected chi connectivity index (χ1v) is 7.75. The van der Waals surface area contributed by atoms with Crippen LogP contribution in [-0.2, 0) is 0 Å². The molecular weight excluding hydrogens is 266 g/mol. The molecule has 0 radical (unpaired) electrons. The van der Waals surface area contributed by atoms with Crippen molar-refractivity contribution in [3.63, 3.8) is 0 Å². The predicted octanol–water partition coefficient (Wildman–Crippen LogP) is 4.65. The number of nitrogens with one attached hydrogen (secondary N) is 2. The lowest BCUT2D eigenvalue weighted by atomic mass is 10.0. The first-order chi connectivity index (χ1) is 10.1. The summed E-state index contributed by atoms with van der Waals surface area (Å²) in [4.78, 5) is 10.8. The Morgan fingerprint density at radius 1 is 1.14 bits per heavy atom. The van der Waals surface area contributed by atoms with Crippen molar-refractivity contribution in [2.75, 3.05) is 24.2 Å². The summed E-state index contributed by atoms with van der Waals surface area (Å²) in [5.74, 6) is 0.773. The number of hydrogen-bond donors (Lipinski definition) is 2. The van der Waals surface area contributed by atoms with Crippen LogP contribution in [0.5, 0.6) is 0 Å². The van der Waals surface area contributed by atoms with Crippen molar-refractivity contribution in [1.82, 2.24) is 0 Å². The molecule has 1 aromatic carbocycles. The third kappa shape index (κ3) is 6.02. The van der Waals surface area contributed by atoms with Crippen LogP contribution in [0.15, 0.2) is 18.2 Å². The Morgan fingerprint density at radius 2 is 1.81 bits per heavy atom. The zero-order chi connectivity index (χ0) is 15.7. The highest BCUT2D eigenvalue weighted by molar-refractivity contribution is 5.75. The third-order valence-electron chi connectivity index (χ3n) is 3.51. The molecule has 0 amide bonds. The highest BCUT2D eigenvalue weighted by Crippen LogP contribution is 2.32. The van der Waals surface area contributed by atoms with E-state index in [2.05, 4.69) is 24.5 Å². The van der Waals surface area contributed by atoms with E-state index in [1.165, 1.54) is 25.7 Å². The van der Waals surface area contributed by atoms with Gasteiger partial charge in [0, 0.05) is 13.6 Å². The molecule has 0 aliphatic heterocycles. The molecule has 0 bridgehead atoms. The number of unbranched alkanes of at least 4 members (excludes halogenated alkanes) is 3. The summed E-state index contributed by atoms with van der Waals surface area (Å²) in [7, 11) is 1.70. The molecule has 0 aliphatic rings. The van der Waals surface area contributed by atoms with Gasteiger partial charge in [0.1, 0.15) is 11.4 Å². The maximum atomic E-state index is 11.2. The van der Waals surface area contributed by atoms with Gasteiger partial charge in [-0.05, 0) is 24.5 Å². The average molecular weight is 293 g/mol. The molecule has 0 saturated carbocycles. The van der Waals surface area contributed by atoms with Crippen LogP contribution in [0.1, 0.15) is 46.0 Å². The van der Waals surface area contributed by atoms with Gasteiger partial charge in [-0.25, -0.2) is 0 Å². The lowest BCUT2D eigenvalue weighted by Crippen LogP contribution is -2.06. The molecule has 1 rings (SSSR count). The van der Waals surface area contributed by atoms with Gasteiger partial charge in [-0.2, -0.15) is 0 Å². The number of benzene rings is 1. The molecule has 0 saturated heterocycles. The van der Waals surface area contributed by atoms with Crippen molar-refractivity contribution >= 4 is 17.1 Å². The van der Waals surface area contributed by atoms with Crippen LogP contribution in [0.25, 0.3) is 0 Å². The number of nitro benzene ring substituents is 1. The monoisotopic (exact) mass is 293 g/mol. The van der Waals surface area contributed by atoms with Gasteiger partial charge in [0.25, 0.3) is 0 Å². The van der Waals surface area contributed by atoms with Crippen LogP contribution >= 0.6 is 0 Å².